The van der Waals surface area contributed by atoms with Crippen molar-refractivity contribution < 1.29 is 4.42 Å². The molecule has 0 spiro atoms. The first kappa shape index (κ1) is 32.3. The van der Waals surface area contributed by atoms with Crippen LogP contribution in [0.25, 0.3) is 64.0 Å². The first-order valence-corrected chi connectivity index (χ1v) is 19.7. The number of benzene rings is 9. The molecule has 3 nitrogen and oxygen atoms in total. The summed E-state index contributed by atoms with van der Waals surface area (Å²) in [5.41, 5.74) is 10.8. The van der Waals surface area contributed by atoms with Crippen LogP contribution in [0.4, 0.5) is 34.1 Å². The van der Waals surface area contributed by atoms with Crippen LogP contribution < -0.4 is 9.80 Å². The van der Waals surface area contributed by atoms with E-state index in [1.54, 1.807) is 0 Å². The fourth-order valence-electron chi connectivity index (χ4n) is 8.32. The predicted molar refractivity (Wildman–Crippen MR) is 239 cm³/mol. The highest BCUT2D eigenvalue weighted by Crippen LogP contribution is 2.48. The summed E-state index contributed by atoms with van der Waals surface area (Å²) in [5, 5.41) is 7.19. The van der Waals surface area contributed by atoms with Gasteiger partial charge in [0.05, 0.1) is 11.4 Å². The van der Waals surface area contributed by atoms with E-state index in [-0.39, 0.29) is 0 Å². The number of nitrogens with zero attached hydrogens (tertiary/aromatic N) is 2. The molecule has 56 heavy (non-hydrogen) atoms. The fourth-order valence-corrected chi connectivity index (χ4v) is 9.45. The Balaban J connectivity index is 1.04. The molecule has 11 aromatic rings. The van der Waals surface area contributed by atoms with E-state index in [1.807, 2.05) is 23.5 Å². The van der Waals surface area contributed by atoms with E-state index in [0.29, 0.717) is 0 Å². The second kappa shape index (κ2) is 13.3. The Morgan fingerprint density at radius 1 is 0.339 bits per heavy atom. The van der Waals surface area contributed by atoms with Crippen molar-refractivity contribution in [2.24, 2.45) is 0 Å². The van der Waals surface area contributed by atoms with Crippen LogP contribution in [0.15, 0.2) is 211 Å². The van der Waals surface area contributed by atoms with Gasteiger partial charge in [0.25, 0.3) is 0 Å². The minimum atomic E-state index is 0.889. The van der Waals surface area contributed by atoms with E-state index in [0.717, 1.165) is 55.9 Å². The maximum atomic E-state index is 6.18. The third kappa shape index (κ3) is 5.34. The highest BCUT2D eigenvalue weighted by atomic mass is 32.1. The molecule has 9 aromatic carbocycles. The van der Waals surface area contributed by atoms with Gasteiger partial charge in [-0.1, -0.05) is 121 Å². The van der Waals surface area contributed by atoms with Gasteiger partial charge in [0, 0.05) is 59.1 Å². The Kier molecular flexibility index (Phi) is 7.68. The van der Waals surface area contributed by atoms with Gasteiger partial charge in [0.1, 0.15) is 11.2 Å². The molecule has 0 saturated heterocycles. The summed E-state index contributed by atoms with van der Waals surface area (Å²) < 4.78 is 8.77. The highest BCUT2D eigenvalue weighted by Gasteiger charge is 2.21. The van der Waals surface area contributed by atoms with Crippen LogP contribution in [-0.2, 0) is 0 Å². The average Bonchev–Trinajstić information content (AvgIpc) is 3.84. The standard InChI is InChI=1S/C52H34N2OS/c1-3-14-36(15-4-1)53(39-30-33-49-45(34-39)43-20-9-11-23-48(43)55-49)38-28-26-35(27-29-38)40-31-32-46(42-19-8-7-18-41(40)42)54(37-16-5-2-6-17-37)47-22-13-25-51-52(47)44-21-10-12-24-50(44)56-51/h1-34H. The van der Waals surface area contributed by atoms with E-state index < -0.39 is 0 Å². The van der Waals surface area contributed by atoms with E-state index in [9.17, 15) is 0 Å². The predicted octanol–water partition coefficient (Wildman–Crippen LogP) is 15.7. The van der Waals surface area contributed by atoms with Gasteiger partial charge in [0.2, 0.25) is 0 Å². The second-order valence-electron chi connectivity index (χ2n) is 14.1. The average molecular weight is 735 g/mol. The van der Waals surface area contributed by atoms with Crippen molar-refractivity contribution in [3.8, 4) is 11.1 Å². The van der Waals surface area contributed by atoms with Crippen LogP contribution in [0.5, 0.6) is 0 Å². The van der Waals surface area contributed by atoms with Crippen molar-refractivity contribution >= 4 is 98.3 Å². The van der Waals surface area contributed by atoms with Gasteiger partial charge in [-0.2, -0.15) is 0 Å². The van der Waals surface area contributed by atoms with Crippen molar-refractivity contribution in [3.63, 3.8) is 0 Å². The molecule has 0 aliphatic carbocycles. The molecule has 264 valence electrons. The van der Waals surface area contributed by atoms with Crippen LogP contribution in [-0.4, -0.2) is 0 Å². The minimum absolute atomic E-state index is 0.889. The van der Waals surface area contributed by atoms with E-state index in [4.69, 9.17) is 4.42 Å². The molecule has 0 aliphatic heterocycles. The van der Waals surface area contributed by atoms with Crippen LogP contribution in [0, 0.1) is 0 Å². The van der Waals surface area contributed by atoms with Crippen LogP contribution >= 0.6 is 11.3 Å². The third-order valence-electron chi connectivity index (χ3n) is 10.8. The maximum absolute atomic E-state index is 6.18. The quantitative estimate of drug-likeness (QED) is 0.163. The molecule has 4 heteroatoms. The number of anilines is 6. The maximum Gasteiger partial charge on any atom is 0.135 e. The van der Waals surface area contributed by atoms with Crippen molar-refractivity contribution in [1.29, 1.82) is 0 Å². The zero-order valence-electron chi connectivity index (χ0n) is 30.3. The lowest BCUT2D eigenvalue weighted by molar-refractivity contribution is 0.669. The first-order valence-electron chi connectivity index (χ1n) is 18.9. The van der Waals surface area contributed by atoms with Crippen LogP contribution in [0.1, 0.15) is 0 Å². The topological polar surface area (TPSA) is 19.6 Å². The van der Waals surface area contributed by atoms with Gasteiger partial charge in [-0.3, -0.25) is 0 Å². The van der Waals surface area contributed by atoms with Gasteiger partial charge in [-0.25, -0.2) is 0 Å². The molecule has 0 radical (unpaired) electrons. The number of fused-ring (bicyclic) bond motifs is 7. The Morgan fingerprint density at radius 2 is 0.929 bits per heavy atom. The van der Waals surface area contributed by atoms with Gasteiger partial charge in [-0.15, -0.1) is 11.3 Å². The summed E-state index contributed by atoms with van der Waals surface area (Å²) >= 11 is 1.85. The Bertz CT molecular complexity index is 3200. The molecule has 0 amide bonds. The molecule has 0 unspecified atom stereocenters. The molecule has 0 N–H and O–H groups in total. The number of hydrogen-bond acceptors (Lipinski definition) is 4. The van der Waals surface area contributed by atoms with Gasteiger partial charge in [0.15, 0.2) is 0 Å². The third-order valence-corrected chi connectivity index (χ3v) is 12.0. The lowest BCUT2D eigenvalue weighted by Gasteiger charge is -2.28. The Labute approximate surface area is 328 Å². The van der Waals surface area contributed by atoms with Crippen molar-refractivity contribution in [1.82, 2.24) is 0 Å². The molecule has 0 atom stereocenters. The number of furan rings is 1. The molecular formula is C52H34N2OS. The lowest BCUT2D eigenvalue weighted by atomic mass is 9.95. The number of para-hydroxylation sites is 3. The number of rotatable bonds is 7. The summed E-state index contributed by atoms with van der Waals surface area (Å²) in [4.78, 5) is 4.76. The van der Waals surface area contributed by atoms with Gasteiger partial charge < -0.3 is 14.2 Å². The number of thiophene rings is 1. The summed E-state index contributed by atoms with van der Waals surface area (Å²) in [6.07, 6.45) is 0. The van der Waals surface area contributed by atoms with Crippen LogP contribution in [0.3, 0.4) is 0 Å². The minimum Gasteiger partial charge on any atom is -0.456 e. The molecule has 0 bridgehead atoms. The van der Waals surface area contributed by atoms with E-state index >= 15 is 0 Å². The van der Waals surface area contributed by atoms with Crippen molar-refractivity contribution in [2.45, 2.75) is 0 Å². The molecule has 0 saturated carbocycles. The summed E-state index contributed by atoms with van der Waals surface area (Å²) in [6.45, 7) is 0. The largest absolute Gasteiger partial charge is 0.456 e. The lowest BCUT2D eigenvalue weighted by Crippen LogP contribution is -2.11. The first-order chi connectivity index (χ1) is 27.8. The zero-order valence-corrected chi connectivity index (χ0v) is 31.2. The normalized spacial score (nSPS) is 11.6. The number of hydrogen-bond donors (Lipinski definition) is 0. The Morgan fingerprint density at radius 3 is 1.71 bits per heavy atom. The molecule has 2 aromatic heterocycles. The summed E-state index contributed by atoms with van der Waals surface area (Å²) in [6, 6.07) is 73.9. The molecule has 0 aliphatic rings. The van der Waals surface area contributed by atoms with Crippen molar-refractivity contribution in [3.05, 3.63) is 206 Å². The molecular weight excluding hydrogens is 701 g/mol. The highest BCUT2D eigenvalue weighted by molar-refractivity contribution is 7.26. The summed E-state index contributed by atoms with van der Waals surface area (Å²) in [5.74, 6) is 0. The fraction of sp³-hybridized carbons (Fsp3) is 0. The summed E-state index contributed by atoms with van der Waals surface area (Å²) in [7, 11) is 0. The second-order valence-corrected chi connectivity index (χ2v) is 15.2. The Hall–Kier alpha value is -7.14. The van der Waals surface area contributed by atoms with Crippen LogP contribution in [0.2, 0.25) is 0 Å². The molecule has 2 heterocycles. The molecule has 11 rings (SSSR count). The van der Waals surface area contributed by atoms with Crippen molar-refractivity contribution in [2.75, 3.05) is 9.80 Å². The van der Waals surface area contributed by atoms with Gasteiger partial charge >= 0.3 is 0 Å². The monoisotopic (exact) mass is 734 g/mol. The molecule has 0 fully saturated rings. The zero-order chi connectivity index (χ0) is 37.0. The van der Waals surface area contributed by atoms with Gasteiger partial charge in [-0.05, 0) is 101 Å². The smallest absolute Gasteiger partial charge is 0.135 e. The van der Waals surface area contributed by atoms with E-state index in [2.05, 4.69) is 204 Å². The SMILES string of the molecule is c1ccc(N(c2ccc(-c3ccc(N(c4ccccc4)c4cccc5sc6ccccc6c45)c4ccccc34)cc2)c2ccc3oc4ccccc4c3c2)cc1. The van der Waals surface area contributed by atoms with E-state index in [1.165, 1.54) is 42.2 Å².